The van der Waals surface area contributed by atoms with Crippen molar-refractivity contribution in [1.29, 1.82) is 0 Å². The summed E-state index contributed by atoms with van der Waals surface area (Å²) in [4.78, 5) is 25.8. The fourth-order valence-electron chi connectivity index (χ4n) is 2.31. The summed E-state index contributed by atoms with van der Waals surface area (Å²) in [6.07, 6.45) is 0.692. The molecule has 24 heavy (non-hydrogen) atoms. The number of carbonyl (C=O) groups excluding carboxylic acids is 1. The average Bonchev–Trinajstić information content (AvgIpc) is 2.93. The van der Waals surface area contributed by atoms with Crippen LogP contribution in [-0.4, -0.2) is 26.1 Å². The molecule has 1 unspecified atom stereocenters. The minimum absolute atomic E-state index is 0.0654. The molecule has 124 valence electrons. The number of fused-ring (bicyclic) bond motifs is 1. The van der Waals surface area contributed by atoms with Gasteiger partial charge in [-0.05, 0) is 38.5 Å². The van der Waals surface area contributed by atoms with E-state index in [4.69, 9.17) is 0 Å². The molecule has 0 aliphatic heterocycles. The maximum absolute atomic E-state index is 12.6. The van der Waals surface area contributed by atoms with Crippen LogP contribution < -0.4 is 5.32 Å². The molecule has 0 aliphatic rings. The number of para-hydroxylation sites is 1. The van der Waals surface area contributed by atoms with Crippen LogP contribution in [0.2, 0.25) is 0 Å². The van der Waals surface area contributed by atoms with Gasteiger partial charge in [-0.2, -0.15) is 0 Å². The highest BCUT2D eigenvalue weighted by Gasteiger charge is 2.21. The lowest BCUT2D eigenvalue weighted by molar-refractivity contribution is -0.115. The molecule has 1 N–H and O–H groups in total. The number of nitrogens with one attached hydrogen (secondary N) is 1. The molecule has 0 fully saturated rings. The van der Waals surface area contributed by atoms with E-state index in [1.54, 1.807) is 0 Å². The van der Waals surface area contributed by atoms with E-state index in [-0.39, 0.29) is 11.2 Å². The third kappa shape index (κ3) is 3.91. The lowest BCUT2D eigenvalue weighted by atomic mass is 10.3. The number of benzene rings is 1. The SMILES string of the molecule is CCC(Sc1nc(C)cc(C)n1)C(=O)Nc1nc2ccccc2s1. The number of hydrogen-bond donors (Lipinski definition) is 1. The molecule has 0 saturated heterocycles. The lowest BCUT2D eigenvalue weighted by Crippen LogP contribution is -2.24. The number of thiazole rings is 1. The van der Waals surface area contributed by atoms with Gasteiger partial charge in [-0.3, -0.25) is 4.79 Å². The standard InChI is InChI=1S/C17H18N4OS2/c1-4-13(23-16-18-10(2)9-11(3)19-16)15(22)21-17-20-12-7-5-6-8-14(12)24-17/h5-9,13H,4H2,1-3H3,(H,20,21,22). The molecular formula is C17H18N4OS2. The Hall–Kier alpha value is -1.99. The molecule has 0 saturated carbocycles. The van der Waals surface area contributed by atoms with Crippen molar-refractivity contribution < 1.29 is 4.79 Å². The summed E-state index contributed by atoms with van der Waals surface area (Å²) in [5.74, 6) is -0.0654. The van der Waals surface area contributed by atoms with E-state index >= 15 is 0 Å². The summed E-state index contributed by atoms with van der Waals surface area (Å²) < 4.78 is 1.06. The Morgan fingerprint density at radius 3 is 2.58 bits per heavy atom. The normalized spacial score (nSPS) is 12.3. The van der Waals surface area contributed by atoms with E-state index in [9.17, 15) is 4.79 Å². The van der Waals surface area contributed by atoms with Crippen molar-refractivity contribution in [2.45, 2.75) is 37.6 Å². The Labute approximate surface area is 148 Å². The van der Waals surface area contributed by atoms with Gasteiger partial charge in [0.15, 0.2) is 10.3 Å². The highest BCUT2D eigenvalue weighted by atomic mass is 32.2. The highest BCUT2D eigenvalue weighted by Crippen LogP contribution is 2.28. The minimum atomic E-state index is -0.252. The van der Waals surface area contributed by atoms with Gasteiger partial charge in [0, 0.05) is 11.4 Å². The van der Waals surface area contributed by atoms with Gasteiger partial charge in [-0.1, -0.05) is 42.2 Å². The number of rotatable bonds is 5. The molecule has 5 nitrogen and oxygen atoms in total. The van der Waals surface area contributed by atoms with Crippen LogP contribution in [0, 0.1) is 13.8 Å². The van der Waals surface area contributed by atoms with Gasteiger partial charge in [-0.25, -0.2) is 15.0 Å². The third-order valence-corrected chi connectivity index (χ3v) is 5.57. The van der Waals surface area contributed by atoms with Crippen molar-refractivity contribution in [3.8, 4) is 0 Å². The topological polar surface area (TPSA) is 67.8 Å². The second-order valence-corrected chi connectivity index (χ2v) is 7.62. The predicted molar refractivity (Wildman–Crippen MR) is 99.7 cm³/mol. The molecule has 3 aromatic rings. The van der Waals surface area contributed by atoms with Crippen LogP contribution in [0.1, 0.15) is 24.7 Å². The summed E-state index contributed by atoms with van der Waals surface area (Å²) in [6.45, 7) is 5.85. The number of thioether (sulfide) groups is 1. The quantitative estimate of drug-likeness (QED) is 0.546. The third-order valence-electron chi connectivity index (χ3n) is 3.40. The molecule has 0 aliphatic carbocycles. The van der Waals surface area contributed by atoms with Crippen LogP contribution in [0.5, 0.6) is 0 Å². The zero-order valence-corrected chi connectivity index (χ0v) is 15.4. The lowest BCUT2D eigenvalue weighted by Gasteiger charge is -2.13. The Bertz CT molecular complexity index is 825. The van der Waals surface area contributed by atoms with Gasteiger partial charge >= 0.3 is 0 Å². The van der Waals surface area contributed by atoms with E-state index < -0.39 is 0 Å². The van der Waals surface area contributed by atoms with Gasteiger partial charge < -0.3 is 5.32 Å². The van der Waals surface area contributed by atoms with E-state index in [1.807, 2.05) is 51.1 Å². The van der Waals surface area contributed by atoms with Crippen LogP contribution in [-0.2, 0) is 4.79 Å². The van der Waals surface area contributed by atoms with Crippen LogP contribution in [0.25, 0.3) is 10.2 Å². The minimum Gasteiger partial charge on any atom is -0.301 e. The molecule has 0 spiro atoms. The maximum Gasteiger partial charge on any atom is 0.239 e. The van der Waals surface area contributed by atoms with Crippen molar-refractivity contribution >= 4 is 44.4 Å². The average molecular weight is 358 g/mol. The van der Waals surface area contributed by atoms with Crippen LogP contribution in [0.3, 0.4) is 0 Å². The second kappa shape index (κ2) is 7.27. The monoisotopic (exact) mass is 358 g/mol. The molecule has 0 bridgehead atoms. The Kier molecular flexibility index (Phi) is 5.11. The van der Waals surface area contributed by atoms with Crippen LogP contribution in [0.4, 0.5) is 5.13 Å². The number of aryl methyl sites for hydroxylation is 2. The van der Waals surface area contributed by atoms with Crippen molar-refractivity contribution in [2.24, 2.45) is 0 Å². The van der Waals surface area contributed by atoms with Gasteiger partial charge in [0.2, 0.25) is 5.91 Å². The first-order chi connectivity index (χ1) is 11.5. The first-order valence-electron chi connectivity index (χ1n) is 7.70. The summed E-state index contributed by atoms with van der Waals surface area (Å²) in [5.41, 5.74) is 2.72. The molecule has 2 heterocycles. The van der Waals surface area contributed by atoms with E-state index in [2.05, 4.69) is 20.3 Å². The number of nitrogens with zero attached hydrogens (tertiary/aromatic N) is 3. The zero-order valence-electron chi connectivity index (χ0n) is 13.7. The van der Waals surface area contributed by atoms with Crippen molar-refractivity contribution in [3.63, 3.8) is 0 Å². The molecule has 1 atom stereocenters. The number of amides is 1. The smallest absolute Gasteiger partial charge is 0.239 e. The number of aromatic nitrogens is 3. The molecule has 1 amide bonds. The van der Waals surface area contributed by atoms with Gasteiger partial charge in [-0.15, -0.1) is 0 Å². The largest absolute Gasteiger partial charge is 0.301 e. The summed E-state index contributed by atoms with van der Waals surface area (Å²) in [7, 11) is 0. The molecule has 3 rings (SSSR count). The van der Waals surface area contributed by atoms with Crippen LogP contribution in [0.15, 0.2) is 35.5 Å². The molecular weight excluding hydrogens is 340 g/mol. The second-order valence-electron chi connectivity index (χ2n) is 5.42. The molecule has 2 aromatic heterocycles. The fraction of sp³-hybridized carbons (Fsp3) is 0.294. The zero-order chi connectivity index (χ0) is 17.1. The Balaban J connectivity index is 1.73. The first-order valence-corrected chi connectivity index (χ1v) is 9.40. The van der Waals surface area contributed by atoms with Crippen molar-refractivity contribution in [3.05, 3.63) is 41.7 Å². The predicted octanol–water partition coefficient (Wildman–Crippen LogP) is 4.21. The summed E-state index contributed by atoms with van der Waals surface area (Å²) >= 11 is 2.87. The Morgan fingerprint density at radius 2 is 1.92 bits per heavy atom. The number of carbonyl (C=O) groups is 1. The molecule has 1 aromatic carbocycles. The van der Waals surface area contributed by atoms with E-state index in [0.717, 1.165) is 21.6 Å². The van der Waals surface area contributed by atoms with Gasteiger partial charge in [0.25, 0.3) is 0 Å². The van der Waals surface area contributed by atoms with Crippen LogP contribution >= 0.6 is 23.1 Å². The number of hydrogen-bond acceptors (Lipinski definition) is 6. The van der Waals surface area contributed by atoms with Crippen molar-refractivity contribution in [2.75, 3.05) is 5.32 Å². The number of anilines is 1. The molecule has 0 radical (unpaired) electrons. The van der Waals surface area contributed by atoms with E-state index in [0.29, 0.717) is 16.7 Å². The summed E-state index contributed by atoms with van der Waals surface area (Å²) in [5, 5.41) is 3.94. The first kappa shape index (κ1) is 16.9. The van der Waals surface area contributed by atoms with E-state index in [1.165, 1.54) is 23.1 Å². The molecule has 7 heteroatoms. The van der Waals surface area contributed by atoms with Gasteiger partial charge in [0.1, 0.15) is 0 Å². The van der Waals surface area contributed by atoms with Crippen molar-refractivity contribution in [1.82, 2.24) is 15.0 Å². The van der Waals surface area contributed by atoms with Gasteiger partial charge in [0.05, 0.1) is 15.5 Å². The summed E-state index contributed by atoms with van der Waals surface area (Å²) in [6, 6.07) is 9.77. The fourth-order valence-corrected chi connectivity index (χ4v) is 4.16. The maximum atomic E-state index is 12.6. The Morgan fingerprint density at radius 1 is 1.21 bits per heavy atom. The highest BCUT2D eigenvalue weighted by molar-refractivity contribution is 8.00.